The predicted molar refractivity (Wildman–Crippen MR) is 78.0 cm³/mol. The van der Waals surface area contributed by atoms with Crippen LogP contribution in [0.2, 0.25) is 0 Å². The Bertz CT molecular complexity index is 352. The summed E-state index contributed by atoms with van der Waals surface area (Å²) in [5, 5.41) is 0. The van der Waals surface area contributed by atoms with Crippen molar-refractivity contribution in [1.82, 2.24) is 0 Å². The first-order valence-corrected chi connectivity index (χ1v) is 6.73. The van der Waals surface area contributed by atoms with Crippen molar-refractivity contribution < 1.29 is 4.74 Å². The maximum atomic E-state index is 6.15. The molecule has 0 spiro atoms. The summed E-state index contributed by atoms with van der Waals surface area (Å²) in [6.07, 6.45) is 1.24. The van der Waals surface area contributed by atoms with Gasteiger partial charge in [0.05, 0.1) is 12.7 Å². The molecule has 0 aromatic heterocycles. The molecule has 1 atom stereocenters. The van der Waals surface area contributed by atoms with Crippen molar-refractivity contribution in [2.45, 2.75) is 39.3 Å². The third kappa shape index (κ3) is 4.31. The number of benzene rings is 1. The van der Waals surface area contributed by atoms with Gasteiger partial charge in [0, 0.05) is 25.3 Å². The molecule has 1 rings (SSSR count). The van der Waals surface area contributed by atoms with Crippen molar-refractivity contribution in [3.05, 3.63) is 29.8 Å². The van der Waals surface area contributed by atoms with Gasteiger partial charge in [-0.15, -0.1) is 0 Å². The molecule has 0 aliphatic heterocycles. The van der Waals surface area contributed by atoms with E-state index in [4.69, 9.17) is 10.5 Å². The van der Waals surface area contributed by atoms with Gasteiger partial charge in [-0.05, 0) is 31.9 Å². The predicted octanol–water partition coefficient (Wildman–Crippen LogP) is 2.96. The molecule has 0 fully saturated rings. The number of anilines is 1. The number of para-hydroxylation sites is 1. The molecule has 0 amide bonds. The van der Waals surface area contributed by atoms with Gasteiger partial charge < -0.3 is 15.4 Å². The Morgan fingerprint density at radius 3 is 2.56 bits per heavy atom. The third-order valence-corrected chi connectivity index (χ3v) is 3.07. The number of rotatable bonds is 7. The van der Waals surface area contributed by atoms with Crippen molar-refractivity contribution in [3.8, 4) is 0 Å². The fourth-order valence-corrected chi connectivity index (χ4v) is 1.91. The number of nitrogens with zero attached hydrogens (tertiary/aromatic N) is 1. The lowest BCUT2D eigenvalue weighted by molar-refractivity contribution is 0.0846. The normalized spacial score (nSPS) is 12.8. The maximum absolute atomic E-state index is 6.15. The topological polar surface area (TPSA) is 38.5 Å². The zero-order chi connectivity index (χ0) is 13.5. The van der Waals surface area contributed by atoms with Crippen LogP contribution in [0.3, 0.4) is 0 Å². The van der Waals surface area contributed by atoms with Gasteiger partial charge in [0.15, 0.2) is 0 Å². The van der Waals surface area contributed by atoms with Gasteiger partial charge >= 0.3 is 0 Å². The molecule has 18 heavy (non-hydrogen) atoms. The molecule has 0 heterocycles. The lowest BCUT2D eigenvalue weighted by atomic mass is 10.0. The highest BCUT2D eigenvalue weighted by atomic mass is 16.5. The van der Waals surface area contributed by atoms with Crippen molar-refractivity contribution in [1.29, 1.82) is 0 Å². The summed E-state index contributed by atoms with van der Waals surface area (Å²) in [7, 11) is 2.09. The van der Waals surface area contributed by atoms with Crippen molar-refractivity contribution in [3.63, 3.8) is 0 Å². The summed E-state index contributed by atoms with van der Waals surface area (Å²) in [5.41, 5.74) is 8.57. The molecule has 3 heteroatoms. The Morgan fingerprint density at radius 1 is 1.28 bits per heavy atom. The molecule has 3 nitrogen and oxygen atoms in total. The SMILES string of the molecule is CC[C@H](N)c1ccccc1N(C)CCOC(C)C. The van der Waals surface area contributed by atoms with Gasteiger partial charge in [0.2, 0.25) is 0 Å². The van der Waals surface area contributed by atoms with Crippen LogP contribution in [0.15, 0.2) is 24.3 Å². The summed E-state index contributed by atoms with van der Waals surface area (Å²) in [4.78, 5) is 2.22. The van der Waals surface area contributed by atoms with E-state index in [2.05, 4.69) is 50.9 Å². The van der Waals surface area contributed by atoms with E-state index in [1.807, 2.05) is 6.07 Å². The quantitative estimate of drug-likeness (QED) is 0.808. The first-order valence-electron chi connectivity index (χ1n) is 6.73. The molecule has 102 valence electrons. The maximum Gasteiger partial charge on any atom is 0.0644 e. The molecule has 0 aliphatic carbocycles. The average Bonchev–Trinajstić information content (AvgIpc) is 2.37. The highest BCUT2D eigenvalue weighted by Crippen LogP contribution is 2.25. The van der Waals surface area contributed by atoms with Crippen LogP contribution in [-0.2, 0) is 4.74 Å². The number of ether oxygens (including phenoxy) is 1. The van der Waals surface area contributed by atoms with Crippen LogP contribution in [0.25, 0.3) is 0 Å². The van der Waals surface area contributed by atoms with Crippen LogP contribution in [-0.4, -0.2) is 26.3 Å². The van der Waals surface area contributed by atoms with Crippen molar-refractivity contribution in [2.24, 2.45) is 5.73 Å². The van der Waals surface area contributed by atoms with Gasteiger partial charge in [-0.25, -0.2) is 0 Å². The first kappa shape index (κ1) is 15.0. The Balaban J connectivity index is 2.69. The van der Waals surface area contributed by atoms with Gasteiger partial charge in [-0.2, -0.15) is 0 Å². The van der Waals surface area contributed by atoms with Gasteiger partial charge in [0.25, 0.3) is 0 Å². The highest BCUT2D eigenvalue weighted by Gasteiger charge is 2.11. The number of hydrogen-bond acceptors (Lipinski definition) is 3. The molecule has 0 radical (unpaired) electrons. The van der Waals surface area contributed by atoms with E-state index < -0.39 is 0 Å². The molecule has 0 saturated heterocycles. The average molecular weight is 250 g/mol. The standard InChI is InChI=1S/C15H26N2O/c1-5-14(16)13-8-6-7-9-15(13)17(4)10-11-18-12(2)3/h6-9,12,14H,5,10-11,16H2,1-4H3/t14-/m0/s1. The lowest BCUT2D eigenvalue weighted by Crippen LogP contribution is -2.26. The Labute approximate surface area is 111 Å². The van der Waals surface area contributed by atoms with Crippen molar-refractivity contribution >= 4 is 5.69 Å². The number of nitrogens with two attached hydrogens (primary N) is 1. The largest absolute Gasteiger partial charge is 0.377 e. The van der Waals surface area contributed by atoms with Crippen LogP contribution in [0.4, 0.5) is 5.69 Å². The minimum absolute atomic E-state index is 0.106. The summed E-state index contributed by atoms with van der Waals surface area (Å²) in [6, 6.07) is 8.45. The van der Waals surface area contributed by atoms with E-state index in [0.29, 0.717) is 0 Å². The lowest BCUT2D eigenvalue weighted by Gasteiger charge is -2.25. The smallest absolute Gasteiger partial charge is 0.0644 e. The minimum Gasteiger partial charge on any atom is -0.377 e. The van der Waals surface area contributed by atoms with E-state index in [1.165, 1.54) is 11.3 Å². The van der Waals surface area contributed by atoms with E-state index in [0.717, 1.165) is 19.6 Å². The van der Waals surface area contributed by atoms with Crippen LogP contribution in [0.5, 0.6) is 0 Å². The van der Waals surface area contributed by atoms with E-state index in [1.54, 1.807) is 0 Å². The van der Waals surface area contributed by atoms with Crippen LogP contribution in [0.1, 0.15) is 38.8 Å². The third-order valence-electron chi connectivity index (χ3n) is 3.07. The second-order valence-corrected chi connectivity index (χ2v) is 4.91. The van der Waals surface area contributed by atoms with Crippen molar-refractivity contribution in [2.75, 3.05) is 25.1 Å². The fourth-order valence-electron chi connectivity index (χ4n) is 1.91. The number of hydrogen-bond donors (Lipinski definition) is 1. The zero-order valence-electron chi connectivity index (χ0n) is 12.0. The summed E-state index contributed by atoms with van der Waals surface area (Å²) in [6.45, 7) is 7.85. The second kappa shape index (κ2) is 7.39. The molecule has 1 aromatic carbocycles. The Hall–Kier alpha value is -1.06. The first-order chi connectivity index (χ1) is 8.56. The van der Waals surface area contributed by atoms with E-state index >= 15 is 0 Å². The molecule has 0 bridgehead atoms. The van der Waals surface area contributed by atoms with Gasteiger partial charge in [-0.3, -0.25) is 0 Å². The second-order valence-electron chi connectivity index (χ2n) is 4.91. The molecule has 1 aromatic rings. The van der Waals surface area contributed by atoms with Crippen LogP contribution < -0.4 is 10.6 Å². The molecule has 2 N–H and O–H groups in total. The molecule has 0 unspecified atom stereocenters. The molecule has 0 aliphatic rings. The van der Waals surface area contributed by atoms with Crippen LogP contribution >= 0.6 is 0 Å². The fraction of sp³-hybridized carbons (Fsp3) is 0.600. The number of likely N-dealkylation sites (N-methyl/N-ethyl adjacent to an activating group) is 1. The molecule has 0 saturated carbocycles. The van der Waals surface area contributed by atoms with Crippen LogP contribution in [0, 0.1) is 0 Å². The Morgan fingerprint density at radius 2 is 1.94 bits per heavy atom. The van der Waals surface area contributed by atoms with E-state index in [9.17, 15) is 0 Å². The monoisotopic (exact) mass is 250 g/mol. The molecular formula is C15H26N2O. The van der Waals surface area contributed by atoms with E-state index in [-0.39, 0.29) is 12.1 Å². The molecular weight excluding hydrogens is 224 g/mol. The minimum atomic E-state index is 0.106. The van der Waals surface area contributed by atoms with Gasteiger partial charge in [-0.1, -0.05) is 25.1 Å². The summed E-state index contributed by atoms with van der Waals surface area (Å²) >= 11 is 0. The highest BCUT2D eigenvalue weighted by molar-refractivity contribution is 5.54. The van der Waals surface area contributed by atoms with Gasteiger partial charge in [0.1, 0.15) is 0 Å². The summed E-state index contributed by atoms with van der Waals surface area (Å²) < 4.78 is 5.59. The summed E-state index contributed by atoms with van der Waals surface area (Å²) in [5.74, 6) is 0. The zero-order valence-corrected chi connectivity index (χ0v) is 12.0. The Kier molecular flexibility index (Phi) is 6.16.